The van der Waals surface area contributed by atoms with Crippen LogP contribution >= 0.6 is 0 Å². The van der Waals surface area contributed by atoms with Gasteiger partial charge in [-0.25, -0.2) is 0 Å². The zero-order valence-electron chi connectivity index (χ0n) is 10.2. The molecule has 0 radical (unpaired) electrons. The molecular formula is C10H24O8. The maximum atomic E-state index is 9.03. The van der Waals surface area contributed by atoms with Crippen molar-refractivity contribution in [3.63, 3.8) is 0 Å². The molecule has 8 N–H and O–H groups in total. The van der Waals surface area contributed by atoms with Crippen LogP contribution in [-0.4, -0.2) is 89.0 Å². The highest BCUT2D eigenvalue weighted by molar-refractivity contribution is 4.80. The van der Waals surface area contributed by atoms with E-state index in [1.165, 1.54) is 0 Å². The summed E-state index contributed by atoms with van der Waals surface area (Å²) in [5.74, 6) is 0. The lowest BCUT2D eigenvalue weighted by atomic mass is 9.91. The SMILES string of the molecule is O.OCC(CO)(CO)COCC(CO)(CO)CO. The Morgan fingerprint density at radius 1 is 0.556 bits per heavy atom. The minimum absolute atomic E-state index is 0. The van der Waals surface area contributed by atoms with E-state index in [-0.39, 0.29) is 18.7 Å². The summed E-state index contributed by atoms with van der Waals surface area (Å²) < 4.78 is 5.15. The van der Waals surface area contributed by atoms with Crippen molar-refractivity contribution in [3.8, 4) is 0 Å². The third-order valence-electron chi connectivity index (χ3n) is 2.83. The smallest absolute Gasteiger partial charge is 0.0629 e. The van der Waals surface area contributed by atoms with Crippen LogP contribution in [0.2, 0.25) is 0 Å². The van der Waals surface area contributed by atoms with E-state index in [1.54, 1.807) is 0 Å². The average molecular weight is 272 g/mol. The van der Waals surface area contributed by atoms with E-state index < -0.39 is 50.5 Å². The molecule has 0 saturated carbocycles. The predicted octanol–water partition coefficient (Wildman–Crippen LogP) is -3.90. The van der Waals surface area contributed by atoms with Crippen molar-refractivity contribution >= 4 is 0 Å². The highest BCUT2D eigenvalue weighted by Gasteiger charge is 2.32. The zero-order chi connectivity index (χ0) is 13.4. The molecule has 112 valence electrons. The van der Waals surface area contributed by atoms with E-state index in [4.69, 9.17) is 35.4 Å². The molecule has 8 nitrogen and oxygen atoms in total. The van der Waals surface area contributed by atoms with Crippen molar-refractivity contribution in [3.05, 3.63) is 0 Å². The molecule has 18 heavy (non-hydrogen) atoms. The first-order valence-corrected chi connectivity index (χ1v) is 5.30. The van der Waals surface area contributed by atoms with Crippen LogP contribution < -0.4 is 0 Å². The van der Waals surface area contributed by atoms with Crippen LogP contribution in [-0.2, 0) is 4.74 Å². The molecule has 0 rings (SSSR count). The lowest BCUT2D eigenvalue weighted by Gasteiger charge is -2.31. The van der Waals surface area contributed by atoms with Gasteiger partial charge in [0.15, 0.2) is 0 Å². The number of hydrogen-bond donors (Lipinski definition) is 6. The highest BCUT2D eigenvalue weighted by Crippen LogP contribution is 2.19. The lowest BCUT2D eigenvalue weighted by Crippen LogP contribution is -2.43. The van der Waals surface area contributed by atoms with Gasteiger partial charge in [0.1, 0.15) is 0 Å². The minimum Gasteiger partial charge on any atom is -0.412 e. The average Bonchev–Trinajstić information content (AvgIpc) is 2.41. The number of hydrogen-bond acceptors (Lipinski definition) is 7. The van der Waals surface area contributed by atoms with E-state index in [1.807, 2.05) is 0 Å². The minimum atomic E-state index is -1.16. The van der Waals surface area contributed by atoms with Crippen molar-refractivity contribution in [2.24, 2.45) is 10.8 Å². The summed E-state index contributed by atoms with van der Waals surface area (Å²) >= 11 is 0. The third kappa shape index (κ3) is 5.12. The number of aliphatic hydroxyl groups is 6. The second kappa shape index (κ2) is 9.59. The summed E-state index contributed by atoms with van der Waals surface area (Å²) in [7, 11) is 0. The second-order valence-corrected chi connectivity index (χ2v) is 4.44. The van der Waals surface area contributed by atoms with Gasteiger partial charge < -0.3 is 40.9 Å². The van der Waals surface area contributed by atoms with E-state index in [0.717, 1.165) is 0 Å². The molecule has 0 aromatic rings. The Morgan fingerprint density at radius 2 is 0.778 bits per heavy atom. The molecular weight excluding hydrogens is 248 g/mol. The zero-order valence-corrected chi connectivity index (χ0v) is 10.2. The summed E-state index contributed by atoms with van der Waals surface area (Å²) in [4.78, 5) is 0. The van der Waals surface area contributed by atoms with Crippen molar-refractivity contribution in [2.45, 2.75) is 0 Å². The Kier molecular flexibility index (Phi) is 10.7. The molecule has 0 aromatic carbocycles. The van der Waals surface area contributed by atoms with Crippen molar-refractivity contribution in [1.29, 1.82) is 0 Å². The second-order valence-electron chi connectivity index (χ2n) is 4.44. The number of ether oxygens (including phenoxy) is 1. The maximum Gasteiger partial charge on any atom is 0.0629 e. The molecule has 8 heteroatoms. The van der Waals surface area contributed by atoms with Gasteiger partial charge in [-0.05, 0) is 0 Å². The molecule has 0 unspecified atom stereocenters. The van der Waals surface area contributed by atoms with Gasteiger partial charge >= 0.3 is 0 Å². The van der Waals surface area contributed by atoms with Gasteiger partial charge in [-0.1, -0.05) is 0 Å². The van der Waals surface area contributed by atoms with Crippen molar-refractivity contribution in [1.82, 2.24) is 0 Å². The van der Waals surface area contributed by atoms with Gasteiger partial charge in [0.05, 0.1) is 63.7 Å². The molecule has 0 bridgehead atoms. The monoisotopic (exact) mass is 272 g/mol. The molecule has 0 fully saturated rings. The summed E-state index contributed by atoms with van der Waals surface area (Å²) in [6.45, 7) is -3.01. The van der Waals surface area contributed by atoms with Crippen LogP contribution in [0.4, 0.5) is 0 Å². The fraction of sp³-hybridized carbons (Fsp3) is 1.00. The van der Waals surface area contributed by atoms with Crippen LogP contribution in [0.5, 0.6) is 0 Å². The topological polar surface area (TPSA) is 162 Å². The van der Waals surface area contributed by atoms with E-state index >= 15 is 0 Å². The van der Waals surface area contributed by atoms with Crippen molar-refractivity contribution < 1.29 is 40.9 Å². The van der Waals surface area contributed by atoms with Gasteiger partial charge in [-0.2, -0.15) is 0 Å². The quantitative estimate of drug-likeness (QED) is 0.237. The molecule has 0 saturated heterocycles. The van der Waals surface area contributed by atoms with Crippen molar-refractivity contribution in [2.75, 3.05) is 52.9 Å². The first-order chi connectivity index (χ1) is 8.07. The fourth-order valence-corrected chi connectivity index (χ4v) is 1.06. The largest absolute Gasteiger partial charge is 0.412 e. The van der Waals surface area contributed by atoms with Crippen LogP contribution in [0.1, 0.15) is 0 Å². The van der Waals surface area contributed by atoms with Crippen LogP contribution in [0.15, 0.2) is 0 Å². The van der Waals surface area contributed by atoms with Gasteiger partial charge in [0.2, 0.25) is 0 Å². The third-order valence-corrected chi connectivity index (χ3v) is 2.83. The van der Waals surface area contributed by atoms with E-state index in [0.29, 0.717) is 0 Å². The summed E-state index contributed by atoms with van der Waals surface area (Å²) in [5.41, 5.74) is -2.32. The number of aliphatic hydroxyl groups excluding tert-OH is 6. The van der Waals surface area contributed by atoms with Crippen LogP contribution in [0, 0.1) is 10.8 Å². The molecule has 0 aliphatic heterocycles. The van der Waals surface area contributed by atoms with Gasteiger partial charge in [-0.15, -0.1) is 0 Å². The first-order valence-electron chi connectivity index (χ1n) is 5.30. The fourth-order valence-electron chi connectivity index (χ4n) is 1.06. The molecule has 0 spiro atoms. The summed E-state index contributed by atoms with van der Waals surface area (Å²) in [6.07, 6.45) is 0. The first kappa shape index (κ1) is 20.0. The maximum absolute atomic E-state index is 9.03. The molecule has 0 aliphatic carbocycles. The Hall–Kier alpha value is -0.320. The Bertz CT molecular complexity index is 154. The summed E-state index contributed by atoms with van der Waals surface area (Å²) in [5, 5.41) is 54.2. The van der Waals surface area contributed by atoms with Crippen LogP contribution in [0.25, 0.3) is 0 Å². The predicted molar refractivity (Wildman–Crippen MR) is 61.8 cm³/mol. The summed E-state index contributed by atoms with van der Waals surface area (Å²) in [6, 6.07) is 0. The molecule has 0 amide bonds. The lowest BCUT2D eigenvalue weighted by molar-refractivity contribution is -0.103. The van der Waals surface area contributed by atoms with Gasteiger partial charge in [0.25, 0.3) is 0 Å². The van der Waals surface area contributed by atoms with E-state index in [2.05, 4.69) is 0 Å². The number of rotatable bonds is 10. The Morgan fingerprint density at radius 3 is 0.944 bits per heavy atom. The molecule has 0 heterocycles. The normalized spacial score (nSPS) is 12.3. The highest BCUT2D eigenvalue weighted by atomic mass is 16.5. The Balaban J connectivity index is 0. The molecule has 0 aromatic heterocycles. The Labute approximate surface area is 105 Å². The van der Waals surface area contributed by atoms with Crippen LogP contribution in [0.3, 0.4) is 0 Å². The molecule has 0 atom stereocenters. The molecule has 0 aliphatic rings. The van der Waals surface area contributed by atoms with E-state index in [9.17, 15) is 0 Å². The van der Waals surface area contributed by atoms with Gasteiger partial charge in [-0.3, -0.25) is 0 Å². The van der Waals surface area contributed by atoms with Gasteiger partial charge in [0, 0.05) is 0 Å². The standard InChI is InChI=1S/C10H22O7.H2O/c11-1-9(2-12,3-13)7-17-8-10(4-14,5-15)6-16;/h11-16H,1-8H2;1H2.